The number of hydrogen-bond acceptors (Lipinski definition) is 4. The lowest BCUT2D eigenvalue weighted by atomic mass is 10.1. The molecule has 0 spiro atoms. The Balaban J connectivity index is 2.31. The Morgan fingerprint density at radius 1 is 1.20 bits per heavy atom. The highest BCUT2D eigenvalue weighted by Gasteiger charge is 2.05. The maximum atomic E-state index is 5.17. The highest BCUT2D eigenvalue weighted by atomic mass is 16.5. The van der Waals surface area contributed by atoms with E-state index in [1.165, 1.54) is 0 Å². The maximum absolute atomic E-state index is 5.17. The lowest BCUT2D eigenvalue weighted by Gasteiger charge is -2.08. The Labute approximate surface area is 120 Å². The van der Waals surface area contributed by atoms with Gasteiger partial charge in [0.1, 0.15) is 5.82 Å². The van der Waals surface area contributed by atoms with Crippen molar-refractivity contribution in [1.82, 2.24) is 9.97 Å². The number of methoxy groups -OCH3 is 1. The molecule has 0 aliphatic heterocycles. The molecule has 0 saturated heterocycles. The molecular weight excluding hydrogens is 250 g/mol. The van der Waals surface area contributed by atoms with Crippen molar-refractivity contribution in [2.75, 3.05) is 19.0 Å². The second-order valence-electron chi connectivity index (χ2n) is 4.78. The van der Waals surface area contributed by atoms with Crippen LogP contribution in [0, 0.1) is 6.92 Å². The van der Waals surface area contributed by atoms with Gasteiger partial charge in [-0.3, -0.25) is 0 Å². The van der Waals surface area contributed by atoms with Gasteiger partial charge in [0.2, 0.25) is 0 Å². The van der Waals surface area contributed by atoms with Crippen molar-refractivity contribution in [2.45, 2.75) is 26.9 Å². The number of ether oxygens (including phenoxy) is 1. The lowest BCUT2D eigenvalue weighted by molar-refractivity contribution is 0.185. The van der Waals surface area contributed by atoms with Crippen LogP contribution in [0.2, 0.25) is 0 Å². The first-order chi connectivity index (χ1) is 9.72. The molecule has 1 N–H and O–H groups in total. The van der Waals surface area contributed by atoms with Crippen LogP contribution in [0.1, 0.15) is 24.6 Å². The quantitative estimate of drug-likeness (QED) is 0.874. The van der Waals surface area contributed by atoms with Crippen LogP contribution in [-0.2, 0) is 11.3 Å². The number of nitrogens with one attached hydrogen (secondary N) is 1. The largest absolute Gasteiger partial charge is 0.380 e. The Kier molecular flexibility index (Phi) is 5.07. The summed E-state index contributed by atoms with van der Waals surface area (Å²) in [6, 6.07) is 10.1. The Morgan fingerprint density at radius 2 is 2.05 bits per heavy atom. The molecular formula is C16H21N3O. The number of aromatic nitrogens is 2. The number of aryl methyl sites for hydroxylation is 1. The molecule has 2 rings (SSSR count). The summed E-state index contributed by atoms with van der Waals surface area (Å²) >= 11 is 0. The number of benzene rings is 1. The van der Waals surface area contributed by atoms with Gasteiger partial charge >= 0.3 is 0 Å². The molecule has 2 aromatic rings. The van der Waals surface area contributed by atoms with Crippen molar-refractivity contribution in [3.8, 4) is 11.4 Å². The van der Waals surface area contributed by atoms with Crippen molar-refractivity contribution in [3.63, 3.8) is 0 Å². The van der Waals surface area contributed by atoms with E-state index >= 15 is 0 Å². The highest BCUT2D eigenvalue weighted by Crippen LogP contribution is 2.19. The van der Waals surface area contributed by atoms with E-state index in [1.807, 2.05) is 31.2 Å². The van der Waals surface area contributed by atoms with Crippen LogP contribution < -0.4 is 5.32 Å². The van der Waals surface area contributed by atoms with Gasteiger partial charge in [-0.1, -0.05) is 25.1 Å². The van der Waals surface area contributed by atoms with E-state index in [0.717, 1.165) is 41.4 Å². The second-order valence-corrected chi connectivity index (χ2v) is 4.78. The third kappa shape index (κ3) is 3.78. The van der Waals surface area contributed by atoms with E-state index in [-0.39, 0.29) is 0 Å². The van der Waals surface area contributed by atoms with Crippen LogP contribution in [0.3, 0.4) is 0 Å². The molecule has 0 radical (unpaired) electrons. The van der Waals surface area contributed by atoms with Crippen LogP contribution in [0.5, 0.6) is 0 Å². The van der Waals surface area contributed by atoms with Crippen LogP contribution in [0.25, 0.3) is 11.4 Å². The fourth-order valence-corrected chi connectivity index (χ4v) is 2.01. The van der Waals surface area contributed by atoms with Gasteiger partial charge in [-0.2, -0.15) is 0 Å². The molecule has 0 bridgehead atoms. The zero-order valence-corrected chi connectivity index (χ0v) is 12.3. The monoisotopic (exact) mass is 271 g/mol. The van der Waals surface area contributed by atoms with E-state index in [1.54, 1.807) is 7.11 Å². The molecule has 0 aliphatic carbocycles. The summed E-state index contributed by atoms with van der Waals surface area (Å²) in [5, 5.41) is 3.31. The predicted octanol–water partition coefficient (Wildman–Crippen LogP) is 3.42. The van der Waals surface area contributed by atoms with Crippen LogP contribution in [-0.4, -0.2) is 23.6 Å². The average molecular weight is 271 g/mol. The second kappa shape index (κ2) is 7.01. The Bertz CT molecular complexity index is 569. The molecule has 0 aliphatic rings. The van der Waals surface area contributed by atoms with Crippen LogP contribution in [0.4, 0.5) is 5.82 Å². The van der Waals surface area contributed by atoms with Crippen molar-refractivity contribution < 1.29 is 4.74 Å². The molecule has 0 amide bonds. The lowest BCUT2D eigenvalue weighted by Crippen LogP contribution is -2.04. The molecule has 0 fully saturated rings. The zero-order valence-electron chi connectivity index (χ0n) is 12.3. The fourth-order valence-electron chi connectivity index (χ4n) is 2.01. The first kappa shape index (κ1) is 14.5. The predicted molar refractivity (Wildman–Crippen MR) is 81.7 cm³/mol. The van der Waals surface area contributed by atoms with Crippen molar-refractivity contribution in [1.29, 1.82) is 0 Å². The van der Waals surface area contributed by atoms with Crippen LogP contribution >= 0.6 is 0 Å². The van der Waals surface area contributed by atoms with Gasteiger partial charge in [0.15, 0.2) is 5.82 Å². The topological polar surface area (TPSA) is 47.0 Å². The summed E-state index contributed by atoms with van der Waals surface area (Å²) in [5.74, 6) is 1.63. The van der Waals surface area contributed by atoms with E-state index in [2.05, 4.69) is 28.3 Å². The molecule has 0 saturated carbocycles. The van der Waals surface area contributed by atoms with Crippen LogP contribution in [0.15, 0.2) is 30.3 Å². The van der Waals surface area contributed by atoms with Gasteiger partial charge in [0.05, 0.1) is 6.61 Å². The first-order valence-electron chi connectivity index (χ1n) is 6.90. The maximum Gasteiger partial charge on any atom is 0.161 e. The Hall–Kier alpha value is -1.94. The molecule has 1 aromatic heterocycles. The smallest absolute Gasteiger partial charge is 0.161 e. The highest BCUT2D eigenvalue weighted by molar-refractivity contribution is 5.58. The number of hydrogen-bond donors (Lipinski definition) is 1. The molecule has 106 valence electrons. The normalized spacial score (nSPS) is 10.6. The van der Waals surface area contributed by atoms with E-state index in [9.17, 15) is 0 Å². The molecule has 0 atom stereocenters. The summed E-state index contributed by atoms with van der Waals surface area (Å²) in [6.45, 7) is 5.64. The molecule has 1 heterocycles. The summed E-state index contributed by atoms with van der Waals surface area (Å²) < 4.78 is 5.17. The number of anilines is 1. The Morgan fingerprint density at radius 3 is 2.80 bits per heavy atom. The van der Waals surface area contributed by atoms with Gasteiger partial charge in [-0.25, -0.2) is 9.97 Å². The molecule has 1 aromatic carbocycles. The molecule has 4 nitrogen and oxygen atoms in total. The number of nitrogens with zero attached hydrogens (tertiary/aromatic N) is 2. The van der Waals surface area contributed by atoms with Gasteiger partial charge in [0, 0.05) is 31.0 Å². The van der Waals surface area contributed by atoms with Gasteiger partial charge < -0.3 is 10.1 Å². The van der Waals surface area contributed by atoms with Gasteiger partial charge in [-0.05, 0) is 25.0 Å². The summed E-state index contributed by atoms with van der Waals surface area (Å²) in [6.07, 6.45) is 1.07. The van der Waals surface area contributed by atoms with Crippen molar-refractivity contribution in [3.05, 3.63) is 41.6 Å². The summed E-state index contributed by atoms with van der Waals surface area (Å²) in [7, 11) is 1.70. The standard InChI is InChI=1S/C16H21N3O/c1-4-8-17-15-9-12(2)18-16(19-15)14-7-5-6-13(10-14)11-20-3/h5-7,9-10H,4,8,11H2,1-3H3,(H,17,18,19). The minimum absolute atomic E-state index is 0.598. The van der Waals surface area contributed by atoms with E-state index in [0.29, 0.717) is 6.61 Å². The van der Waals surface area contributed by atoms with Gasteiger partial charge in [0.25, 0.3) is 0 Å². The SMILES string of the molecule is CCCNc1cc(C)nc(-c2cccc(COC)c2)n1. The fraction of sp³-hybridized carbons (Fsp3) is 0.375. The zero-order chi connectivity index (χ0) is 14.4. The van der Waals surface area contributed by atoms with Crippen molar-refractivity contribution in [2.24, 2.45) is 0 Å². The van der Waals surface area contributed by atoms with E-state index in [4.69, 9.17) is 4.74 Å². The molecule has 0 unspecified atom stereocenters. The third-order valence-electron chi connectivity index (χ3n) is 2.91. The third-order valence-corrected chi connectivity index (χ3v) is 2.91. The number of rotatable bonds is 6. The van der Waals surface area contributed by atoms with E-state index < -0.39 is 0 Å². The summed E-state index contributed by atoms with van der Waals surface area (Å²) in [4.78, 5) is 9.10. The van der Waals surface area contributed by atoms with Gasteiger partial charge in [-0.15, -0.1) is 0 Å². The first-order valence-corrected chi connectivity index (χ1v) is 6.90. The molecule has 20 heavy (non-hydrogen) atoms. The van der Waals surface area contributed by atoms with Crippen molar-refractivity contribution >= 4 is 5.82 Å². The minimum atomic E-state index is 0.598. The summed E-state index contributed by atoms with van der Waals surface area (Å²) in [5.41, 5.74) is 3.10. The molecule has 4 heteroatoms. The minimum Gasteiger partial charge on any atom is -0.380 e. The average Bonchev–Trinajstić information content (AvgIpc) is 2.45.